The third-order valence-corrected chi connectivity index (χ3v) is 3.26. The summed E-state index contributed by atoms with van der Waals surface area (Å²) in [6, 6.07) is 1.77. The molecule has 6 nitrogen and oxygen atoms in total. The van der Waals surface area contributed by atoms with Gasteiger partial charge in [-0.1, -0.05) is 0 Å². The lowest BCUT2D eigenvalue weighted by molar-refractivity contribution is -0.0481. The lowest BCUT2D eigenvalue weighted by Gasteiger charge is -2.36. The van der Waals surface area contributed by atoms with Crippen LogP contribution in [0.2, 0.25) is 0 Å². The van der Waals surface area contributed by atoms with Crippen molar-refractivity contribution in [2.75, 3.05) is 13.1 Å². The summed E-state index contributed by atoms with van der Waals surface area (Å²) >= 11 is 5.36. The molecule has 0 amide bonds. The minimum absolute atomic E-state index is 0.168. The van der Waals surface area contributed by atoms with Gasteiger partial charge in [0.1, 0.15) is 5.71 Å². The van der Waals surface area contributed by atoms with Crippen molar-refractivity contribution in [2.24, 2.45) is 5.10 Å². The Bertz CT molecular complexity index is 483. The molecule has 108 valence electrons. The van der Waals surface area contributed by atoms with Crippen molar-refractivity contribution in [2.45, 2.75) is 33.0 Å². The predicted octanol–water partition coefficient (Wildman–Crippen LogP) is 1.18. The van der Waals surface area contributed by atoms with Crippen LogP contribution in [-0.4, -0.2) is 51.0 Å². The molecular weight excluding hydrogens is 274 g/mol. The van der Waals surface area contributed by atoms with Gasteiger partial charge in [0.2, 0.25) is 0 Å². The van der Waals surface area contributed by atoms with Gasteiger partial charge in [0.15, 0.2) is 10.9 Å². The van der Waals surface area contributed by atoms with Crippen LogP contribution in [-0.2, 0) is 4.74 Å². The number of ether oxygens (including phenoxy) is 1. The maximum atomic E-state index is 5.68. The topological polar surface area (TPSA) is 62.6 Å². The summed E-state index contributed by atoms with van der Waals surface area (Å²) in [5.74, 6) is 0.589. The Morgan fingerprint density at radius 1 is 1.35 bits per heavy atom. The molecule has 0 saturated carbocycles. The van der Waals surface area contributed by atoms with Crippen molar-refractivity contribution in [3.63, 3.8) is 0 Å². The highest BCUT2D eigenvalue weighted by Gasteiger charge is 2.23. The molecule has 1 fully saturated rings. The molecule has 20 heavy (non-hydrogen) atoms. The largest absolute Gasteiger partial charge is 0.372 e. The van der Waals surface area contributed by atoms with Crippen molar-refractivity contribution in [1.29, 1.82) is 0 Å². The molecule has 0 spiro atoms. The number of hydrazone groups is 1. The van der Waals surface area contributed by atoms with Gasteiger partial charge in [-0.2, -0.15) is 5.10 Å². The summed E-state index contributed by atoms with van der Waals surface area (Å²) < 4.78 is 5.68. The second-order valence-corrected chi connectivity index (χ2v) is 5.24. The molecule has 1 saturated heterocycles. The van der Waals surface area contributed by atoms with Crippen LogP contribution in [0.3, 0.4) is 0 Å². The third kappa shape index (κ3) is 3.94. The van der Waals surface area contributed by atoms with E-state index < -0.39 is 0 Å². The summed E-state index contributed by atoms with van der Waals surface area (Å²) in [5.41, 5.74) is 3.60. The average Bonchev–Trinajstić information content (AvgIpc) is 2.44. The summed E-state index contributed by atoms with van der Waals surface area (Å²) in [5, 5.41) is 4.84. The molecule has 0 radical (unpaired) electrons. The lowest BCUT2D eigenvalue weighted by Crippen LogP contribution is -2.50. The molecule has 1 aromatic rings. The zero-order valence-electron chi connectivity index (χ0n) is 11.9. The standard InChI is InChI=1S/C13H19N5OS/c1-9-7-18(8-10(2)19-9)13(20)17-16-11(3)12-14-5-4-6-15-12/h4-6,9-10H,7-8H2,1-3H3,(H,17,20)/b16-11+. The van der Waals surface area contributed by atoms with Crippen LogP contribution in [0.15, 0.2) is 23.6 Å². The van der Waals surface area contributed by atoms with Gasteiger partial charge in [-0.05, 0) is 39.1 Å². The van der Waals surface area contributed by atoms with E-state index in [1.165, 1.54) is 0 Å². The van der Waals surface area contributed by atoms with E-state index in [-0.39, 0.29) is 12.2 Å². The van der Waals surface area contributed by atoms with Crippen LogP contribution in [0, 0.1) is 0 Å². The average molecular weight is 293 g/mol. The Labute approximate surface area is 124 Å². The fourth-order valence-electron chi connectivity index (χ4n) is 2.08. The summed E-state index contributed by atoms with van der Waals surface area (Å²) in [6.45, 7) is 7.46. The molecule has 0 bridgehead atoms. The second kappa shape index (κ2) is 6.71. The van der Waals surface area contributed by atoms with Gasteiger partial charge >= 0.3 is 0 Å². The maximum Gasteiger partial charge on any atom is 0.189 e. The first-order valence-electron chi connectivity index (χ1n) is 6.58. The second-order valence-electron chi connectivity index (χ2n) is 4.85. The normalized spacial score (nSPS) is 23.6. The first-order chi connectivity index (χ1) is 9.56. The highest BCUT2D eigenvalue weighted by atomic mass is 32.1. The van der Waals surface area contributed by atoms with E-state index in [2.05, 4.69) is 25.4 Å². The first-order valence-corrected chi connectivity index (χ1v) is 6.99. The van der Waals surface area contributed by atoms with Crippen molar-refractivity contribution in [3.8, 4) is 0 Å². The fraction of sp³-hybridized carbons (Fsp3) is 0.538. The van der Waals surface area contributed by atoms with Gasteiger partial charge < -0.3 is 9.64 Å². The number of morpholine rings is 1. The molecule has 1 N–H and O–H groups in total. The van der Waals surface area contributed by atoms with Crippen molar-refractivity contribution >= 4 is 23.0 Å². The zero-order chi connectivity index (χ0) is 14.5. The van der Waals surface area contributed by atoms with E-state index in [4.69, 9.17) is 17.0 Å². The number of nitrogens with one attached hydrogen (secondary N) is 1. The van der Waals surface area contributed by atoms with Crippen LogP contribution in [0.1, 0.15) is 26.6 Å². The van der Waals surface area contributed by atoms with Gasteiger partial charge in [-0.25, -0.2) is 9.97 Å². The first kappa shape index (κ1) is 14.8. The molecule has 2 heterocycles. The van der Waals surface area contributed by atoms with Gasteiger partial charge in [0.05, 0.1) is 12.2 Å². The SMILES string of the molecule is C/C(=N\NC(=S)N1CC(C)OC(C)C1)c1ncccn1. The van der Waals surface area contributed by atoms with Crippen LogP contribution >= 0.6 is 12.2 Å². The molecule has 0 aromatic carbocycles. The van der Waals surface area contributed by atoms with Crippen molar-refractivity contribution in [1.82, 2.24) is 20.3 Å². The third-order valence-electron chi connectivity index (χ3n) is 2.92. The van der Waals surface area contributed by atoms with Crippen molar-refractivity contribution in [3.05, 3.63) is 24.3 Å². The van der Waals surface area contributed by atoms with Crippen LogP contribution in [0.25, 0.3) is 0 Å². The van der Waals surface area contributed by atoms with Crippen LogP contribution in [0.5, 0.6) is 0 Å². The lowest BCUT2D eigenvalue weighted by atomic mass is 10.2. The zero-order valence-corrected chi connectivity index (χ0v) is 12.7. The van der Waals surface area contributed by atoms with E-state index in [1.54, 1.807) is 18.5 Å². The molecule has 1 aliphatic rings. The number of aromatic nitrogens is 2. The molecule has 1 aliphatic heterocycles. The number of thiocarbonyl (C=S) groups is 1. The van der Waals surface area contributed by atoms with E-state index in [0.29, 0.717) is 16.6 Å². The van der Waals surface area contributed by atoms with Gasteiger partial charge in [0.25, 0.3) is 0 Å². The van der Waals surface area contributed by atoms with Gasteiger partial charge in [0, 0.05) is 25.5 Å². The smallest absolute Gasteiger partial charge is 0.189 e. The summed E-state index contributed by atoms with van der Waals surface area (Å²) in [7, 11) is 0. The molecule has 2 unspecified atom stereocenters. The van der Waals surface area contributed by atoms with Gasteiger partial charge in [-0.15, -0.1) is 0 Å². The number of nitrogens with zero attached hydrogens (tertiary/aromatic N) is 4. The minimum Gasteiger partial charge on any atom is -0.372 e. The maximum absolute atomic E-state index is 5.68. The van der Waals surface area contributed by atoms with Gasteiger partial charge in [-0.3, -0.25) is 5.43 Å². The molecule has 7 heteroatoms. The predicted molar refractivity (Wildman–Crippen MR) is 81.6 cm³/mol. The minimum atomic E-state index is 0.168. The Morgan fingerprint density at radius 2 is 1.95 bits per heavy atom. The number of hydrogen-bond acceptors (Lipinski definition) is 5. The molecular formula is C13H19N5OS. The summed E-state index contributed by atoms with van der Waals surface area (Å²) in [6.07, 6.45) is 3.71. The number of hydrogen-bond donors (Lipinski definition) is 1. The highest BCUT2D eigenvalue weighted by molar-refractivity contribution is 7.80. The monoisotopic (exact) mass is 293 g/mol. The Kier molecular flexibility index (Phi) is 4.97. The Hall–Kier alpha value is -1.60. The Balaban J connectivity index is 1.94. The van der Waals surface area contributed by atoms with Crippen LogP contribution in [0.4, 0.5) is 0 Å². The quantitative estimate of drug-likeness (QED) is 0.502. The molecule has 2 rings (SSSR count). The fourth-order valence-corrected chi connectivity index (χ4v) is 2.28. The van der Waals surface area contributed by atoms with E-state index in [9.17, 15) is 0 Å². The molecule has 1 aromatic heterocycles. The molecule has 0 aliphatic carbocycles. The Morgan fingerprint density at radius 3 is 2.55 bits per heavy atom. The van der Waals surface area contributed by atoms with Crippen LogP contribution < -0.4 is 5.43 Å². The van der Waals surface area contributed by atoms with E-state index >= 15 is 0 Å². The highest BCUT2D eigenvalue weighted by Crippen LogP contribution is 2.10. The number of rotatable bonds is 2. The summed E-state index contributed by atoms with van der Waals surface area (Å²) in [4.78, 5) is 10.3. The van der Waals surface area contributed by atoms with Crippen molar-refractivity contribution < 1.29 is 4.74 Å². The van der Waals surface area contributed by atoms with E-state index in [0.717, 1.165) is 13.1 Å². The van der Waals surface area contributed by atoms with E-state index in [1.807, 2.05) is 20.8 Å². The molecule has 2 atom stereocenters.